The average Bonchev–Trinajstić information content (AvgIpc) is 2.58. The number of amides is 1. The molecule has 0 aromatic carbocycles. The molecule has 2 aliphatic rings. The van der Waals surface area contributed by atoms with Crippen LogP contribution in [0.3, 0.4) is 0 Å². The van der Waals surface area contributed by atoms with Crippen molar-refractivity contribution in [1.29, 1.82) is 0 Å². The number of ether oxygens (including phenoxy) is 1. The molecule has 0 atom stereocenters. The first-order chi connectivity index (χ1) is 11.2. The van der Waals surface area contributed by atoms with E-state index in [2.05, 4.69) is 16.7 Å². The van der Waals surface area contributed by atoms with Gasteiger partial charge in [-0.15, -0.1) is 0 Å². The van der Waals surface area contributed by atoms with Gasteiger partial charge in [-0.3, -0.25) is 4.79 Å². The Balaban J connectivity index is 1.70. The van der Waals surface area contributed by atoms with E-state index in [4.69, 9.17) is 4.74 Å². The molecule has 1 aliphatic carbocycles. The zero-order valence-electron chi connectivity index (χ0n) is 13.1. The van der Waals surface area contributed by atoms with Crippen LogP contribution >= 0.6 is 11.8 Å². The van der Waals surface area contributed by atoms with Crippen molar-refractivity contribution in [2.75, 3.05) is 11.5 Å². The molecule has 1 amide bonds. The van der Waals surface area contributed by atoms with E-state index in [1.54, 1.807) is 0 Å². The van der Waals surface area contributed by atoms with E-state index in [0.717, 1.165) is 56.2 Å². The smallest absolute Gasteiger partial charge is 0.257 e. The fraction of sp³-hybridized carbons (Fsp3) is 0.588. The molecule has 1 saturated carbocycles. The van der Waals surface area contributed by atoms with Crippen LogP contribution in [0.15, 0.2) is 12.3 Å². The van der Waals surface area contributed by atoms with Gasteiger partial charge in [-0.25, -0.2) is 9.37 Å². The monoisotopic (exact) mass is 337 g/mol. The second kappa shape index (κ2) is 7.99. The van der Waals surface area contributed by atoms with Crippen LogP contribution in [0.2, 0.25) is 0 Å². The Morgan fingerprint density at radius 2 is 2.00 bits per heavy atom. The zero-order chi connectivity index (χ0) is 16.1. The van der Waals surface area contributed by atoms with Gasteiger partial charge in [-0.05, 0) is 62.5 Å². The van der Waals surface area contributed by atoms with E-state index >= 15 is 0 Å². The summed E-state index contributed by atoms with van der Waals surface area (Å²) < 4.78 is 19.5. The number of hydrogen-bond donors (Lipinski definition) is 1. The molecule has 2 heterocycles. The number of nitrogens with zero attached hydrogens (tertiary/aromatic N) is 1. The number of halogens is 1. The van der Waals surface area contributed by atoms with Gasteiger partial charge in [-0.1, -0.05) is 0 Å². The molecular formula is C17H22FN2O2S. The predicted molar refractivity (Wildman–Crippen MR) is 89.2 cm³/mol. The maximum absolute atomic E-state index is 13.6. The van der Waals surface area contributed by atoms with Gasteiger partial charge in [0.2, 0.25) is 5.88 Å². The van der Waals surface area contributed by atoms with Gasteiger partial charge in [0.1, 0.15) is 17.5 Å². The fourth-order valence-electron chi connectivity index (χ4n) is 2.97. The van der Waals surface area contributed by atoms with E-state index in [-0.39, 0.29) is 29.5 Å². The van der Waals surface area contributed by atoms with Crippen LogP contribution in [0, 0.1) is 12.2 Å². The largest absolute Gasteiger partial charge is 0.474 e. The second-order valence-corrected chi connectivity index (χ2v) is 7.27. The predicted octanol–water partition coefficient (Wildman–Crippen LogP) is 3.37. The van der Waals surface area contributed by atoms with Crippen molar-refractivity contribution >= 4 is 17.7 Å². The fourth-order valence-corrected chi connectivity index (χ4v) is 4.03. The molecule has 0 spiro atoms. The topological polar surface area (TPSA) is 51.2 Å². The highest BCUT2D eigenvalue weighted by atomic mass is 32.2. The van der Waals surface area contributed by atoms with Crippen LogP contribution in [0.4, 0.5) is 4.39 Å². The summed E-state index contributed by atoms with van der Waals surface area (Å²) >= 11 is 1.90. The number of rotatable bonds is 4. The maximum Gasteiger partial charge on any atom is 0.257 e. The third kappa shape index (κ3) is 4.59. The highest BCUT2D eigenvalue weighted by Gasteiger charge is 2.23. The molecule has 1 radical (unpaired) electrons. The first-order valence-corrected chi connectivity index (χ1v) is 9.40. The zero-order valence-corrected chi connectivity index (χ0v) is 13.9. The number of thioether (sulfide) groups is 1. The van der Waals surface area contributed by atoms with Crippen molar-refractivity contribution in [3.05, 3.63) is 30.1 Å². The number of pyridine rings is 1. The minimum absolute atomic E-state index is 0.0602. The summed E-state index contributed by atoms with van der Waals surface area (Å²) in [7, 11) is 0. The Hall–Kier alpha value is -1.30. The average molecular weight is 337 g/mol. The molecule has 125 valence electrons. The van der Waals surface area contributed by atoms with Crippen LogP contribution in [-0.4, -0.2) is 34.5 Å². The van der Waals surface area contributed by atoms with Gasteiger partial charge >= 0.3 is 0 Å². The highest BCUT2D eigenvalue weighted by Crippen LogP contribution is 2.25. The van der Waals surface area contributed by atoms with Gasteiger partial charge in [0.15, 0.2) is 0 Å². The summed E-state index contributed by atoms with van der Waals surface area (Å²) in [4.78, 5) is 16.5. The molecule has 1 N–H and O–H groups in total. The van der Waals surface area contributed by atoms with Crippen LogP contribution in [0.25, 0.3) is 0 Å². The maximum atomic E-state index is 13.6. The molecular weight excluding hydrogens is 315 g/mol. The van der Waals surface area contributed by atoms with Gasteiger partial charge in [-0.2, -0.15) is 11.8 Å². The van der Waals surface area contributed by atoms with E-state index in [9.17, 15) is 9.18 Å². The molecule has 1 aliphatic heterocycles. The van der Waals surface area contributed by atoms with Gasteiger partial charge in [0, 0.05) is 6.04 Å². The first kappa shape index (κ1) is 16.6. The molecule has 2 fully saturated rings. The van der Waals surface area contributed by atoms with Crippen molar-refractivity contribution in [1.82, 2.24) is 10.3 Å². The van der Waals surface area contributed by atoms with Gasteiger partial charge in [0.25, 0.3) is 5.91 Å². The molecule has 6 heteroatoms. The van der Waals surface area contributed by atoms with Crippen molar-refractivity contribution in [3.8, 4) is 5.88 Å². The van der Waals surface area contributed by atoms with Crippen LogP contribution in [-0.2, 0) is 0 Å². The Kier molecular flexibility index (Phi) is 5.75. The Bertz CT molecular complexity index is 543. The summed E-state index contributed by atoms with van der Waals surface area (Å²) in [5.74, 6) is 1.55. The summed E-state index contributed by atoms with van der Waals surface area (Å²) in [6, 6.07) is 1.37. The number of carbonyl (C=O) groups is 1. The van der Waals surface area contributed by atoms with Crippen molar-refractivity contribution < 1.29 is 13.9 Å². The minimum atomic E-state index is -0.515. The van der Waals surface area contributed by atoms with Crippen molar-refractivity contribution in [2.45, 2.75) is 50.7 Å². The van der Waals surface area contributed by atoms with E-state index in [0.29, 0.717) is 0 Å². The van der Waals surface area contributed by atoms with Gasteiger partial charge < -0.3 is 10.1 Å². The van der Waals surface area contributed by atoms with E-state index < -0.39 is 5.82 Å². The van der Waals surface area contributed by atoms with Crippen molar-refractivity contribution in [2.24, 2.45) is 0 Å². The van der Waals surface area contributed by atoms with Crippen LogP contribution < -0.4 is 10.1 Å². The summed E-state index contributed by atoms with van der Waals surface area (Å²) in [6.45, 7) is 0. The standard InChI is InChI=1S/C17H22FN2O2S/c18-12-10-15(16(21)20-13-4-2-1-3-5-13)17(19-11-12)22-14-6-8-23-9-7-14/h1,10-11,13-14H,2-9H2,(H,20,21). The molecule has 4 nitrogen and oxygen atoms in total. The highest BCUT2D eigenvalue weighted by molar-refractivity contribution is 7.99. The van der Waals surface area contributed by atoms with Crippen LogP contribution in [0.1, 0.15) is 48.9 Å². The second-order valence-electron chi connectivity index (χ2n) is 6.05. The SMILES string of the molecule is O=C(NC1CC[CH]CC1)c1cc(F)cnc1OC1CCSCC1. The van der Waals surface area contributed by atoms with Crippen molar-refractivity contribution in [3.63, 3.8) is 0 Å². The van der Waals surface area contributed by atoms with E-state index in [1.165, 1.54) is 6.07 Å². The lowest BCUT2D eigenvalue weighted by atomic mass is 9.95. The summed E-state index contributed by atoms with van der Waals surface area (Å²) in [6.07, 6.45) is 9.17. The van der Waals surface area contributed by atoms with E-state index in [1.807, 2.05) is 11.8 Å². The number of carbonyl (C=O) groups excluding carboxylic acids is 1. The Labute approximate surface area is 140 Å². The molecule has 1 aromatic heterocycles. The minimum Gasteiger partial charge on any atom is -0.474 e. The lowest BCUT2D eigenvalue weighted by Gasteiger charge is -2.25. The quantitative estimate of drug-likeness (QED) is 0.915. The van der Waals surface area contributed by atoms with Gasteiger partial charge in [0.05, 0.1) is 6.20 Å². The summed E-state index contributed by atoms with van der Waals surface area (Å²) in [5, 5.41) is 2.99. The molecule has 1 aromatic rings. The molecule has 0 bridgehead atoms. The Morgan fingerprint density at radius 1 is 1.26 bits per heavy atom. The Morgan fingerprint density at radius 3 is 2.74 bits per heavy atom. The van der Waals surface area contributed by atoms with Crippen LogP contribution in [0.5, 0.6) is 5.88 Å². The normalized spacial score (nSPS) is 20.2. The number of aromatic nitrogens is 1. The summed E-state index contributed by atoms with van der Waals surface area (Å²) in [5.41, 5.74) is 0.206. The number of hydrogen-bond acceptors (Lipinski definition) is 4. The molecule has 3 rings (SSSR count). The molecule has 0 unspecified atom stereocenters. The molecule has 1 saturated heterocycles. The lowest BCUT2D eigenvalue weighted by Crippen LogP contribution is -2.37. The third-order valence-corrected chi connectivity index (χ3v) is 5.33. The number of nitrogens with one attached hydrogen (secondary N) is 1. The lowest BCUT2D eigenvalue weighted by molar-refractivity contribution is 0.0919. The molecule has 23 heavy (non-hydrogen) atoms. The third-order valence-electron chi connectivity index (χ3n) is 4.28. The first-order valence-electron chi connectivity index (χ1n) is 8.25.